The number of carbonyl (C=O) groups excluding carboxylic acids is 5. The van der Waals surface area contributed by atoms with Gasteiger partial charge in [-0.05, 0) is 73.4 Å². The number of benzene rings is 4. The van der Waals surface area contributed by atoms with Crippen LogP contribution in [0.5, 0.6) is 5.75 Å². The lowest BCUT2D eigenvalue weighted by molar-refractivity contribution is -0.161. The van der Waals surface area contributed by atoms with Crippen LogP contribution in [0.1, 0.15) is 255 Å². The molecule has 2 atom stereocenters. The smallest absolute Gasteiger partial charge is 0.472 e. The number of carbonyl (C=O) groups is 5. The van der Waals surface area contributed by atoms with Crippen LogP contribution in [0.2, 0.25) is 0 Å². The van der Waals surface area contributed by atoms with Crippen molar-refractivity contribution in [3.05, 3.63) is 108 Å². The van der Waals surface area contributed by atoms with Gasteiger partial charge >= 0.3 is 19.8 Å². The van der Waals surface area contributed by atoms with Gasteiger partial charge in [-0.15, -0.1) is 10.2 Å². The van der Waals surface area contributed by atoms with Crippen molar-refractivity contribution in [2.75, 3.05) is 96.4 Å². The highest BCUT2D eigenvalue weighted by atomic mass is 32.1. The van der Waals surface area contributed by atoms with E-state index < -0.39 is 38.4 Å². The van der Waals surface area contributed by atoms with Crippen molar-refractivity contribution >= 4 is 92.7 Å². The predicted molar refractivity (Wildman–Crippen MR) is 439 cm³/mol. The Morgan fingerprint density at radius 3 is 1.76 bits per heavy atom. The fourth-order valence-electron chi connectivity index (χ4n) is 12.9. The molecule has 2 heterocycles. The van der Waals surface area contributed by atoms with Gasteiger partial charge < -0.3 is 54.9 Å². The Morgan fingerprint density at radius 2 is 1.15 bits per heavy atom. The number of esters is 2. The maximum absolute atomic E-state index is 14.3. The number of amides is 3. The number of nitrogens with two attached hydrogens (primary N) is 1. The molecule has 5 aromatic rings. The number of para-hydroxylation sites is 1. The number of phosphoric ester groups is 1. The Hall–Kier alpha value is -7.51. The van der Waals surface area contributed by atoms with Crippen LogP contribution in [-0.2, 0) is 63.1 Å². The fraction of sp³-hybridized carbons (Fsp3) is 0.619. The molecule has 1 aromatic heterocycles. The third-order valence-electron chi connectivity index (χ3n) is 19.1. The molecule has 6 rings (SSSR count). The van der Waals surface area contributed by atoms with Gasteiger partial charge in [-0.25, -0.2) is 9.55 Å². The van der Waals surface area contributed by atoms with E-state index in [1.54, 1.807) is 4.90 Å². The van der Waals surface area contributed by atoms with E-state index in [9.17, 15) is 33.4 Å². The second-order valence-corrected chi connectivity index (χ2v) is 30.9. The minimum absolute atomic E-state index is 0.0723. The first-order valence-electron chi connectivity index (χ1n) is 40.9. The number of hydrazone groups is 1. The van der Waals surface area contributed by atoms with Crippen LogP contribution in [0, 0.1) is 0 Å². The molecule has 608 valence electrons. The number of aliphatic imine (C=N–C) groups is 1. The minimum Gasteiger partial charge on any atom is -0.492 e. The average Bonchev–Trinajstić information content (AvgIpc) is 0.889. The summed E-state index contributed by atoms with van der Waals surface area (Å²) >= 11 is 1.41. The zero-order valence-corrected chi connectivity index (χ0v) is 68.0. The summed E-state index contributed by atoms with van der Waals surface area (Å²) < 4.78 is 52.5. The van der Waals surface area contributed by atoms with Crippen LogP contribution in [0.3, 0.4) is 0 Å². The number of aromatic nitrogens is 1. The number of phosphoric acid groups is 1. The van der Waals surface area contributed by atoms with Crippen molar-refractivity contribution in [3.63, 3.8) is 0 Å². The van der Waals surface area contributed by atoms with Crippen LogP contribution in [0.25, 0.3) is 10.2 Å². The van der Waals surface area contributed by atoms with E-state index in [4.69, 9.17) is 43.6 Å². The Bertz CT molecular complexity index is 3590. The SMILES string of the molecule is CCCCCCCCCCCCCCCCCC(=O)OCC(COP(=O)(O)OCCNC(=O)COCCOCCNC(=O)CCCC(=O)N1Cc2ccccc2C(=NN)C(=NCCOc2ccc3nc(N=Nc4ccc(N(C)C)cc4)sc3c2)c2ccccc21)OC(=O)CCCCCCCCCCCCCCCCC. The number of thiazole rings is 1. The first-order valence-corrected chi connectivity index (χ1v) is 43.2. The quantitative estimate of drug-likeness (QED) is 0.00702. The second kappa shape index (κ2) is 55.8. The zero-order chi connectivity index (χ0) is 78.5. The summed E-state index contributed by atoms with van der Waals surface area (Å²) in [6.07, 6.45) is 35.8. The van der Waals surface area contributed by atoms with Crippen molar-refractivity contribution in [2.45, 2.75) is 251 Å². The lowest BCUT2D eigenvalue weighted by atomic mass is 9.91. The third-order valence-corrected chi connectivity index (χ3v) is 21.0. The van der Waals surface area contributed by atoms with Crippen LogP contribution in [-0.4, -0.2) is 144 Å². The van der Waals surface area contributed by atoms with Crippen molar-refractivity contribution in [1.29, 1.82) is 0 Å². The van der Waals surface area contributed by atoms with E-state index in [0.29, 0.717) is 46.4 Å². The largest absolute Gasteiger partial charge is 0.492 e. The molecule has 2 unspecified atom stereocenters. The summed E-state index contributed by atoms with van der Waals surface area (Å²) in [6, 6.07) is 28.6. The Kier molecular flexibility index (Phi) is 46.4. The van der Waals surface area contributed by atoms with E-state index in [1.807, 2.05) is 110 Å². The normalized spacial score (nSPS) is 13.7. The van der Waals surface area contributed by atoms with E-state index >= 15 is 0 Å². The predicted octanol–water partition coefficient (Wildman–Crippen LogP) is 18.4. The molecule has 0 saturated heterocycles. The van der Waals surface area contributed by atoms with Gasteiger partial charge in [0.1, 0.15) is 31.3 Å². The third kappa shape index (κ3) is 38.1. The van der Waals surface area contributed by atoms with Gasteiger partial charge in [-0.3, -0.25) is 38.0 Å². The molecule has 0 fully saturated rings. The summed E-state index contributed by atoms with van der Waals surface area (Å²) in [6.45, 7) is 4.05. The molecule has 0 spiro atoms. The molecule has 3 amide bonds. The first-order chi connectivity index (χ1) is 53.7. The molecule has 110 heavy (non-hydrogen) atoms. The molecule has 4 aromatic carbocycles. The lowest BCUT2D eigenvalue weighted by Gasteiger charge is -2.30. The number of hydrogen-bond acceptors (Lipinski definition) is 21. The van der Waals surface area contributed by atoms with E-state index in [0.717, 1.165) is 71.2 Å². The number of azo groups is 1. The molecule has 0 bridgehead atoms. The second-order valence-electron chi connectivity index (χ2n) is 28.5. The van der Waals surface area contributed by atoms with Gasteiger partial charge in [0.25, 0.3) is 0 Å². The van der Waals surface area contributed by atoms with Gasteiger partial charge in [-0.2, -0.15) is 5.10 Å². The monoisotopic (exact) mass is 1560 g/mol. The molecular formula is C84H127N10O14PS. The van der Waals surface area contributed by atoms with Crippen molar-refractivity contribution in [1.82, 2.24) is 15.6 Å². The van der Waals surface area contributed by atoms with E-state index in [1.165, 1.54) is 153 Å². The molecular weight excluding hydrogens is 1440 g/mol. The average molecular weight is 1560 g/mol. The maximum Gasteiger partial charge on any atom is 0.472 e. The van der Waals surface area contributed by atoms with E-state index in [-0.39, 0.29) is 116 Å². The lowest BCUT2D eigenvalue weighted by Crippen LogP contribution is -2.36. The van der Waals surface area contributed by atoms with Gasteiger partial charge in [0.05, 0.1) is 73.4 Å². The molecule has 5 N–H and O–H groups in total. The van der Waals surface area contributed by atoms with Crippen LogP contribution in [0.4, 0.5) is 22.2 Å². The molecule has 1 aliphatic heterocycles. The first kappa shape index (κ1) is 91.4. The highest BCUT2D eigenvalue weighted by Gasteiger charge is 2.30. The number of ether oxygens (including phenoxy) is 5. The van der Waals surface area contributed by atoms with Gasteiger partial charge in [0.2, 0.25) is 22.9 Å². The fourth-order valence-corrected chi connectivity index (χ4v) is 14.4. The number of fused-ring (bicyclic) bond motifs is 3. The molecule has 24 nitrogen and oxygen atoms in total. The number of anilines is 2. The number of hydrogen-bond donors (Lipinski definition) is 4. The topological polar surface area (TPSA) is 306 Å². The Labute approximate surface area is 658 Å². The highest BCUT2D eigenvalue weighted by molar-refractivity contribution is 7.47. The van der Waals surface area contributed by atoms with Gasteiger partial charge in [0.15, 0.2) is 6.10 Å². The van der Waals surface area contributed by atoms with Crippen LogP contribution in [0.15, 0.2) is 111 Å². The number of unbranched alkanes of at least 4 members (excludes halogenated alkanes) is 28. The summed E-state index contributed by atoms with van der Waals surface area (Å²) in [7, 11) is -0.726. The van der Waals surface area contributed by atoms with Crippen molar-refractivity contribution < 1.29 is 66.2 Å². The molecule has 0 radical (unpaired) electrons. The molecule has 1 aliphatic rings. The summed E-state index contributed by atoms with van der Waals surface area (Å²) in [5.41, 5.74) is 6.40. The zero-order valence-electron chi connectivity index (χ0n) is 66.3. The van der Waals surface area contributed by atoms with Crippen LogP contribution < -0.4 is 31.0 Å². The van der Waals surface area contributed by atoms with Crippen LogP contribution >= 0.6 is 19.2 Å². The van der Waals surface area contributed by atoms with E-state index in [2.05, 4.69) is 44.8 Å². The number of rotatable bonds is 61. The maximum atomic E-state index is 14.3. The Balaban J connectivity index is 0.836. The summed E-state index contributed by atoms with van der Waals surface area (Å²) in [5.74, 6) is 4.92. The van der Waals surface area contributed by atoms with Gasteiger partial charge in [0, 0.05) is 69.7 Å². The minimum atomic E-state index is -4.69. The number of nitrogens with one attached hydrogen (secondary N) is 2. The van der Waals surface area contributed by atoms with Crippen molar-refractivity contribution in [3.8, 4) is 5.75 Å². The summed E-state index contributed by atoms with van der Waals surface area (Å²) in [4.78, 5) is 89.4. The Morgan fingerprint density at radius 1 is 0.582 bits per heavy atom. The van der Waals surface area contributed by atoms with Crippen molar-refractivity contribution in [2.24, 2.45) is 26.2 Å². The standard InChI is InChI=1S/C84H127N10O14PS/c1-5-7-9-11-13-15-17-19-21-23-25-27-29-31-33-46-80(98)105-64-71(108-81(99)47-34-32-30-28-26-24-22-20-18-16-14-12-10-8-6-2)65-107-109(100,101)106-59-56-87-78(96)66-103-61-60-102-57-54-86-77(95)44-39-45-79(97)94-63-67-40-35-36-41-72(67)83(90-85)82(73-42-37-38-43-75(73)94)88-55-58-104-70-52-53-74-76(62-70)110-84(89-74)92-91-68-48-50-69(51-49-68)93(3)4/h35-38,40-43,48-53,62,71H,5-34,39,44-47,54-61,63-66,85H2,1-4H3,(H,86,95)(H,87,96)(H,100,101). The molecule has 0 aliphatic carbocycles. The summed E-state index contributed by atoms with van der Waals surface area (Å²) in [5, 5.41) is 18.9. The number of nitrogens with zero attached hydrogens (tertiary/aromatic N) is 7. The molecule has 26 heteroatoms. The highest BCUT2D eigenvalue weighted by Crippen LogP contribution is 2.43. The van der Waals surface area contributed by atoms with Gasteiger partial charge in [-0.1, -0.05) is 247 Å². The molecule has 0 saturated carbocycles.